The van der Waals surface area contributed by atoms with Crippen LogP contribution in [-0.2, 0) is 0 Å². The van der Waals surface area contributed by atoms with Crippen molar-refractivity contribution in [3.05, 3.63) is 36.3 Å². The number of hydrogen-bond donors (Lipinski definition) is 2. The molecule has 4 nitrogen and oxygen atoms in total. The van der Waals surface area contributed by atoms with Crippen LogP contribution >= 0.6 is 0 Å². The summed E-state index contributed by atoms with van der Waals surface area (Å²) < 4.78 is 5.22. The van der Waals surface area contributed by atoms with Gasteiger partial charge in [-0.15, -0.1) is 0 Å². The number of methoxy groups -OCH3 is 1. The Labute approximate surface area is 114 Å². The van der Waals surface area contributed by atoms with E-state index in [4.69, 9.17) is 10.5 Å². The highest BCUT2D eigenvalue weighted by Crippen LogP contribution is 2.24. The van der Waals surface area contributed by atoms with Crippen molar-refractivity contribution in [2.75, 3.05) is 7.11 Å². The second-order valence-corrected chi connectivity index (χ2v) is 4.66. The molecule has 3 N–H and O–H groups in total. The van der Waals surface area contributed by atoms with E-state index < -0.39 is 0 Å². The molecule has 19 heavy (non-hydrogen) atoms. The fourth-order valence-corrected chi connectivity index (χ4v) is 2.02. The lowest BCUT2D eigenvalue weighted by Crippen LogP contribution is -2.11. The van der Waals surface area contributed by atoms with Crippen LogP contribution in [0.25, 0.3) is 11.3 Å². The zero-order valence-corrected chi connectivity index (χ0v) is 11.5. The van der Waals surface area contributed by atoms with Gasteiger partial charge in [0.1, 0.15) is 11.6 Å². The molecular weight excluding hydrogens is 238 g/mol. The highest BCUT2D eigenvalue weighted by molar-refractivity contribution is 5.60. The fourth-order valence-electron chi connectivity index (χ4n) is 2.02. The zero-order valence-electron chi connectivity index (χ0n) is 11.5. The smallest absolute Gasteiger partial charge is 0.123 e. The number of aromatic amines is 1. The maximum absolute atomic E-state index is 6.11. The maximum atomic E-state index is 6.11. The molecule has 1 unspecified atom stereocenters. The molecule has 0 aliphatic heterocycles. The van der Waals surface area contributed by atoms with Crippen LogP contribution in [0, 0.1) is 0 Å². The SMILES string of the molecule is CCCCC(N)c1ncc(-c2cccc(OC)c2)[nH]1. The molecule has 2 aromatic rings. The van der Waals surface area contributed by atoms with Crippen LogP contribution in [0.2, 0.25) is 0 Å². The first-order chi connectivity index (χ1) is 9.24. The van der Waals surface area contributed by atoms with E-state index in [0.717, 1.165) is 42.1 Å². The zero-order chi connectivity index (χ0) is 13.7. The summed E-state index contributed by atoms with van der Waals surface area (Å²) in [5.74, 6) is 1.69. The predicted octanol–water partition coefficient (Wildman–Crippen LogP) is 3.28. The molecule has 2 rings (SSSR count). The second kappa shape index (κ2) is 6.38. The number of rotatable bonds is 6. The highest BCUT2D eigenvalue weighted by atomic mass is 16.5. The van der Waals surface area contributed by atoms with Crippen molar-refractivity contribution in [2.24, 2.45) is 5.73 Å². The van der Waals surface area contributed by atoms with Gasteiger partial charge in [-0.25, -0.2) is 4.98 Å². The molecule has 0 radical (unpaired) electrons. The van der Waals surface area contributed by atoms with Crippen molar-refractivity contribution >= 4 is 0 Å². The molecule has 1 aromatic carbocycles. The molecular formula is C15H21N3O. The van der Waals surface area contributed by atoms with Crippen molar-refractivity contribution in [1.29, 1.82) is 0 Å². The molecule has 1 heterocycles. The van der Waals surface area contributed by atoms with Crippen LogP contribution in [0.5, 0.6) is 5.75 Å². The molecule has 0 aliphatic carbocycles. The molecule has 0 saturated carbocycles. The Kier molecular flexibility index (Phi) is 4.58. The van der Waals surface area contributed by atoms with E-state index in [9.17, 15) is 0 Å². The molecule has 1 aromatic heterocycles. The number of nitrogens with one attached hydrogen (secondary N) is 1. The molecule has 0 bridgehead atoms. The summed E-state index contributed by atoms with van der Waals surface area (Å²) >= 11 is 0. The lowest BCUT2D eigenvalue weighted by molar-refractivity contribution is 0.415. The topological polar surface area (TPSA) is 63.9 Å². The van der Waals surface area contributed by atoms with E-state index in [-0.39, 0.29) is 6.04 Å². The van der Waals surface area contributed by atoms with E-state index in [2.05, 4.69) is 16.9 Å². The fraction of sp³-hybridized carbons (Fsp3) is 0.400. The van der Waals surface area contributed by atoms with E-state index in [1.807, 2.05) is 30.5 Å². The predicted molar refractivity (Wildman–Crippen MR) is 77.0 cm³/mol. The molecule has 0 saturated heterocycles. The van der Waals surface area contributed by atoms with Crippen LogP contribution in [0.4, 0.5) is 0 Å². The van der Waals surface area contributed by atoms with Crippen LogP contribution in [0.1, 0.15) is 38.1 Å². The van der Waals surface area contributed by atoms with Gasteiger partial charge >= 0.3 is 0 Å². The Morgan fingerprint density at radius 3 is 3.00 bits per heavy atom. The molecule has 102 valence electrons. The Morgan fingerprint density at radius 2 is 2.26 bits per heavy atom. The van der Waals surface area contributed by atoms with Gasteiger partial charge in [-0.05, 0) is 18.6 Å². The number of aromatic nitrogens is 2. The van der Waals surface area contributed by atoms with Gasteiger partial charge in [0, 0.05) is 5.56 Å². The van der Waals surface area contributed by atoms with Crippen molar-refractivity contribution in [2.45, 2.75) is 32.2 Å². The summed E-state index contributed by atoms with van der Waals surface area (Å²) in [6.07, 6.45) is 5.06. The third-order valence-electron chi connectivity index (χ3n) is 3.20. The van der Waals surface area contributed by atoms with Crippen molar-refractivity contribution in [1.82, 2.24) is 9.97 Å². The van der Waals surface area contributed by atoms with Gasteiger partial charge in [0.2, 0.25) is 0 Å². The minimum Gasteiger partial charge on any atom is -0.497 e. The van der Waals surface area contributed by atoms with Crippen molar-refractivity contribution < 1.29 is 4.74 Å². The molecule has 0 amide bonds. The van der Waals surface area contributed by atoms with Gasteiger partial charge in [-0.1, -0.05) is 31.9 Å². The van der Waals surface area contributed by atoms with E-state index in [0.29, 0.717) is 0 Å². The summed E-state index contributed by atoms with van der Waals surface area (Å²) in [5.41, 5.74) is 8.14. The summed E-state index contributed by atoms with van der Waals surface area (Å²) in [6.45, 7) is 2.16. The number of nitrogens with two attached hydrogens (primary N) is 1. The Hall–Kier alpha value is -1.81. The third-order valence-corrected chi connectivity index (χ3v) is 3.20. The quantitative estimate of drug-likeness (QED) is 0.836. The Morgan fingerprint density at radius 1 is 1.42 bits per heavy atom. The van der Waals surface area contributed by atoms with E-state index in [1.165, 1.54) is 0 Å². The number of H-pyrrole nitrogens is 1. The van der Waals surface area contributed by atoms with Crippen LogP contribution in [0.3, 0.4) is 0 Å². The number of unbranched alkanes of at least 4 members (excludes halogenated alkanes) is 1. The minimum atomic E-state index is -0.0145. The molecule has 1 atom stereocenters. The first-order valence-corrected chi connectivity index (χ1v) is 6.69. The minimum absolute atomic E-state index is 0.0145. The van der Waals surface area contributed by atoms with Crippen molar-refractivity contribution in [3.63, 3.8) is 0 Å². The number of benzene rings is 1. The summed E-state index contributed by atoms with van der Waals surface area (Å²) in [7, 11) is 1.66. The van der Waals surface area contributed by atoms with Gasteiger partial charge in [-0.3, -0.25) is 0 Å². The molecule has 4 heteroatoms. The van der Waals surface area contributed by atoms with E-state index in [1.54, 1.807) is 7.11 Å². The Balaban J connectivity index is 2.15. The first-order valence-electron chi connectivity index (χ1n) is 6.69. The monoisotopic (exact) mass is 259 g/mol. The lowest BCUT2D eigenvalue weighted by atomic mass is 10.1. The second-order valence-electron chi connectivity index (χ2n) is 4.66. The van der Waals surface area contributed by atoms with Crippen LogP contribution in [-0.4, -0.2) is 17.1 Å². The first kappa shape index (κ1) is 13.6. The number of ether oxygens (including phenoxy) is 1. The number of imidazole rings is 1. The van der Waals surface area contributed by atoms with Crippen LogP contribution < -0.4 is 10.5 Å². The van der Waals surface area contributed by atoms with Gasteiger partial charge in [0.15, 0.2) is 0 Å². The maximum Gasteiger partial charge on any atom is 0.123 e. The van der Waals surface area contributed by atoms with Gasteiger partial charge in [0.25, 0.3) is 0 Å². The van der Waals surface area contributed by atoms with Gasteiger partial charge < -0.3 is 15.5 Å². The van der Waals surface area contributed by atoms with Gasteiger partial charge in [-0.2, -0.15) is 0 Å². The number of nitrogens with zero attached hydrogens (tertiary/aromatic N) is 1. The summed E-state index contributed by atoms with van der Waals surface area (Å²) in [5, 5.41) is 0. The highest BCUT2D eigenvalue weighted by Gasteiger charge is 2.10. The molecule has 0 aliphatic rings. The average Bonchev–Trinajstić information content (AvgIpc) is 2.94. The van der Waals surface area contributed by atoms with Crippen LogP contribution in [0.15, 0.2) is 30.5 Å². The average molecular weight is 259 g/mol. The van der Waals surface area contributed by atoms with Gasteiger partial charge in [0.05, 0.1) is 25.0 Å². The lowest BCUT2D eigenvalue weighted by Gasteiger charge is -2.07. The van der Waals surface area contributed by atoms with E-state index >= 15 is 0 Å². The summed E-state index contributed by atoms with van der Waals surface area (Å²) in [6, 6.07) is 7.88. The standard InChI is InChI=1S/C15H21N3O/c1-3-4-8-13(16)15-17-10-14(18-15)11-6-5-7-12(9-11)19-2/h5-7,9-10,13H,3-4,8,16H2,1-2H3,(H,17,18). The Bertz CT molecular complexity index is 522. The third kappa shape index (κ3) is 3.35. The van der Waals surface area contributed by atoms with Crippen molar-refractivity contribution in [3.8, 4) is 17.0 Å². The normalized spacial score (nSPS) is 12.4. The molecule has 0 fully saturated rings. The number of hydrogen-bond acceptors (Lipinski definition) is 3. The molecule has 0 spiro atoms. The summed E-state index contributed by atoms with van der Waals surface area (Å²) in [4.78, 5) is 7.68. The largest absolute Gasteiger partial charge is 0.497 e.